The summed E-state index contributed by atoms with van der Waals surface area (Å²) in [6.45, 7) is 5.02. The highest BCUT2D eigenvalue weighted by Crippen LogP contribution is 2.08. The molecule has 23 heavy (non-hydrogen) atoms. The Balaban J connectivity index is 2.02. The van der Waals surface area contributed by atoms with Crippen molar-refractivity contribution in [1.29, 1.82) is 0 Å². The molecule has 0 radical (unpaired) electrons. The average Bonchev–Trinajstić information content (AvgIpc) is 2.58. The predicted molar refractivity (Wildman–Crippen MR) is 89.2 cm³/mol. The van der Waals surface area contributed by atoms with Gasteiger partial charge >= 0.3 is 0 Å². The van der Waals surface area contributed by atoms with Gasteiger partial charge in [0, 0.05) is 25.5 Å². The molecule has 0 saturated heterocycles. The van der Waals surface area contributed by atoms with Gasteiger partial charge in [-0.15, -0.1) is 0 Å². The van der Waals surface area contributed by atoms with Crippen LogP contribution in [0.25, 0.3) is 0 Å². The van der Waals surface area contributed by atoms with Crippen molar-refractivity contribution < 1.29 is 9.59 Å². The number of rotatable bonds is 6. The van der Waals surface area contributed by atoms with Crippen molar-refractivity contribution >= 4 is 11.8 Å². The largest absolute Gasteiger partial charge is 0.352 e. The number of hydrogen-bond acceptors (Lipinski definition) is 3. The number of carbonyl (C=O) groups is 2. The molecule has 0 saturated carbocycles. The lowest BCUT2D eigenvalue weighted by atomic mass is 10.1. The van der Waals surface area contributed by atoms with Crippen LogP contribution in [0.3, 0.4) is 0 Å². The molecule has 0 bridgehead atoms. The second-order valence-corrected chi connectivity index (χ2v) is 5.33. The number of nitrogens with one attached hydrogen (secondary N) is 2. The van der Waals surface area contributed by atoms with E-state index in [1.165, 1.54) is 12.4 Å². The van der Waals surface area contributed by atoms with Crippen molar-refractivity contribution in [2.75, 3.05) is 6.54 Å². The first kappa shape index (κ1) is 16.7. The number of carbonyl (C=O) groups excluding carboxylic acids is 2. The second kappa shape index (κ2) is 8.08. The minimum atomic E-state index is -0.245. The maximum Gasteiger partial charge on any atom is 0.253 e. The topological polar surface area (TPSA) is 71.1 Å². The lowest BCUT2D eigenvalue weighted by molar-refractivity contribution is 0.0950. The molecule has 0 unspecified atom stereocenters. The SMILES string of the molecule is CCCNC(=O)c1cncc(C(=O)NCc2ccccc2C)c1. The molecule has 0 spiro atoms. The van der Waals surface area contributed by atoms with Crippen molar-refractivity contribution in [3.05, 3.63) is 65.0 Å². The second-order valence-electron chi connectivity index (χ2n) is 5.33. The molecular formula is C18H21N3O2. The first-order valence-corrected chi connectivity index (χ1v) is 7.67. The fourth-order valence-electron chi connectivity index (χ4n) is 2.11. The maximum atomic E-state index is 12.2. The number of pyridine rings is 1. The Labute approximate surface area is 136 Å². The van der Waals surface area contributed by atoms with Crippen molar-refractivity contribution in [1.82, 2.24) is 15.6 Å². The van der Waals surface area contributed by atoms with E-state index < -0.39 is 0 Å². The summed E-state index contributed by atoms with van der Waals surface area (Å²) in [7, 11) is 0. The monoisotopic (exact) mass is 311 g/mol. The zero-order valence-corrected chi connectivity index (χ0v) is 13.4. The maximum absolute atomic E-state index is 12.2. The number of nitrogens with zero attached hydrogens (tertiary/aromatic N) is 1. The fraction of sp³-hybridized carbons (Fsp3) is 0.278. The van der Waals surface area contributed by atoms with E-state index in [-0.39, 0.29) is 11.8 Å². The molecule has 2 rings (SSSR count). The van der Waals surface area contributed by atoms with Gasteiger partial charge < -0.3 is 10.6 Å². The highest BCUT2D eigenvalue weighted by atomic mass is 16.2. The quantitative estimate of drug-likeness (QED) is 0.861. The van der Waals surface area contributed by atoms with Gasteiger partial charge in [-0.2, -0.15) is 0 Å². The average molecular weight is 311 g/mol. The third-order valence-electron chi connectivity index (χ3n) is 3.50. The van der Waals surface area contributed by atoms with Gasteiger partial charge in [0.15, 0.2) is 0 Å². The van der Waals surface area contributed by atoms with E-state index >= 15 is 0 Å². The summed E-state index contributed by atoms with van der Waals surface area (Å²) in [5.41, 5.74) is 2.95. The Hall–Kier alpha value is -2.69. The van der Waals surface area contributed by atoms with Crippen LogP contribution in [0.1, 0.15) is 45.2 Å². The minimum absolute atomic E-state index is 0.215. The molecule has 5 nitrogen and oxygen atoms in total. The molecule has 0 aliphatic carbocycles. The van der Waals surface area contributed by atoms with E-state index in [9.17, 15) is 9.59 Å². The predicted octanol–water partition coefficient (Wildman–Crippen LogP) is 2.46. The minimum Gasteiger partial charge on any atom is -0.352 e. The third kappa shape index (κ3) is 4.64. The molecule has 0 aliphatic heterocycles. The first-order valence-electron chi connectivity index (χ1n) is 7.67. The standard InChI is InChI=1S/C18H21N3O2/c1-3-8-20-17(22)15-9-16(11-19-10-15)18(23)21-12-14-7-5-4-6-13(14)2/h4-7,9-11H,3,8,12H2,1-2H3,(H,20,22)(H,21,23). The molecule has 1 aromatic heterocycles. The van der Waals surface area contributed by atoms with Crippen LogP contribution in [0.15, 0.2) is 42.7 Å². The van der Waals surface area contributed by atoms with Crippen LogP contribution in [0.5, 0.6) is 0 Å². The van der Waals surface area contributed by atoms with Gasteiger partial charge in [0.1, 0.15) is 0 Å². The fourth-order valence-corrected chi connectivity index (χ4v) is 2.11. The number of aromatic nitrogens is 1. The van der Waals surface area contributed by atoms with Crippen molar-refractivity contribution in [3.8, 4) is 0 Å². The summed E-state index contributed by atoms with van der Waals surface area (Å²) in [4.78, 5) is 28.1. The highest BCUT2D eigenvalue weighted by Gasteiger charge is 2.11. The Bertz CT molecular complexity index is 698. The van der Waals surface area contributed by atoms with Gasteiger partial charge in [0.25, 0.3) is 11.8 Å². The lowest BCUT2D eigenvalue weighted by Crippen LogP contribution is -2.26. The smallest absolute Gasteiger partial charge is 0.253 e. The molecular weight excluding hydrogens is 290 g/mol. The van der Waals surface area contributed by atoms with E-state index in [0.29, 0.717) is 24.2 Å². The molecule has 1 heterocycles. The normalized spacial score (nSPS) is 10.2. The molecule has 2 N–H and O–H groups in total. The lowest BCUT2D eigenvalue weighted by Gasteiger charge is -2.09. The summed E-state index contributed by atoms with van der Waals surface area (Å²) in [5, 5.41) is 5.62. The number of amides is 2. The van der Waals surface area contributed by atoms with Gasteiger partial charge in [0.2, 0.25) is 0 Å². The highest BCUT2D eigenvalue weighted by molar-refractivity contribution is 5.99. The van der Waals surface area contributed by atoms with Crippen LogP contribution in [0, 0.1) is 6.92 Å². The summed E-state index contributed by atoms with van der Waals surface area (Å²) >= 11 is 0. The summed E-state index contributed by atoms with van der Waals surface area (Å²) < 4.78 is 0. The van der Waals surface area contributed by atoms with Gasteiger partial charge in [-0.05, 0) is 30.5 Å². The van der Waals surface area contributed by atoms with Crippen molar-refractivity contribution in [3.63, 3.8) is 0 Å². The third-order valence-corrected chi connectivity index (χ3v) is 3.50. The van der Waals surface area contributed by atoms with Crippen molar-refractivity contribution in [2.45, 2.75) is 26.8 Å². The van der Waals surface area contributed by atoms with E-state index in [2.05, 4.69) is 15.6 Å². The molecule has 2 aromatic rings. The molecule has 5 heteroatoms. The van der Waals surface area contributed by atoms with Crippen LogP contribution in [0.4, 0.5) is 0 Å². The molecule has 120 valence electrons. The number of hydrogen-bond donors (Lipinski definition) is 2. The van der Waals surface area contributed by atoms with Crippen LogP contribution in [0.2, 0.25) is 0 Å². The zero-order valence-electron chi connectivity index (χ0n) is 13.4. The zero-order chi connectivity index (χ0) is 16.7. The molecule has 0 atom stereocenters. The van der Waals surface area contributed by atoms with E-state index in [4.69, 9.17) is 0 Å². The van der Waals surface area contributed by atoms with Crippen LogP contribution >= 0.6 is 0 Å². The van der Waals surface area contributed by atoms with Gasteiger partial charge in [-0.3, -0.25) is 14.6 Å². The van der Waals surface area contributed by atoms with Gasteiger partial charge in [0.05, 0.1) is 11.1 Å². The van der Waals surface area contributed by atoms with E-state index in [1.54, 1.807) is 6.07 Å². The summed E-state index contributed by atoms with van der Waals surface area (Å²) in [6, 6.07) is 9.44. The Morgan fingerprint density at radius 1 is 1.04 bits per heavy atom. The Morgan fingerprint density at radius 2 is 1.70 bits per heavy atom. The van der Waals surface area contributed by atoms with E-state index in [0.717, 1.165) is 17.5 Å². The molecule has 1 aromatic carbocycles. The van der Waals surface area contributed by atoms with Crippen LogP contribution < -0.4 is 10.6 Å². The number of aryl methyl sites for hydroxylation is 1. The van der Waals surface area contributed by atoms with Crippen molar-refractivity contribution in [2.24, 2.45) is 0 Å². The van der Waals surface area contributed by atoms with Gasteiger partial charge in [-0.1, -0.05) is 31.2 Å². The first-order chi connectivity index (χ1) is 11.1. The summed E-state index contributed by atoms with van der Waals surface area (Å²) in [5.74, 6) is -0.459. The van der Waals surface area contributed by atoms with Gasteiger partial charge in [-0.25, -0.2) is 0 Å². The number of benzene rings is 1. The van der Waals surface area contributed by atoms with Crippen LogP contribution in [-0.4, -0.2) is 23.3 Å². The Kier molecular flexibility index (Phi) is 5.86. The van der Waals surface area contributed by atoms with E-state index in [1.807, 2.05) is 38.1 Å². The molecule has 2 amide bonds. The molecule has 0 fully saturated rings. The molecule has 0 aliphatic rings. The summed E-state index contributed by atoms with van der Waals surface area (Å²) in [6.07, 6.45) is 3.78. The Morgan fingerprint density at radius 3 is 2.35 bits per heavy atom. The van der Waals surface area contributed by atoms with Crippen LogP contribution in [-0.2, 0) is 6.54 Å².